The lowest BCUT2D eigenvalue weighted by atomic mass is 9.93. The Bertz CT molecular complexity index is 634. The molecule has 3 fully saturated rings. The molecule has 0 unspecified atom stereocenters. The molecule has 1 atom stereocenters. The fourth-order valence-electron chi connectivity index (χ4n) is 4.96. The van der Waals surface area contributed by atoms with Crippen molar-refractivity contribution in [2.24, 2.45) is 11.8 Å². The molecule has 1 saturated carbocycles. The van der Waals surface area contributed by atoms with Gasteiger partial charge in [-0.3, -0.25) is 14.6 Å². The van der Waals surface area contributed by atoms with Crippen LogP contribution in [-0.4, -0.2) is 46.2 Å². The van der Waals surface area contributed by atoms with Crippen molar-refractivity contribution in [3.8, 4) is 0 Å². The Morgan fingerprint density at radius 1 is 0.885 bits per heavy atom. The summed E-state index contributed by atoms with van der Waals surface area (Å²) in [6, 6.07) is 4.20. The molecule has 2 aliphatic heterocycles. The van der Waals surface area contributed by atoms with Gasteiger partial charge < -0.3 is 9.80 Å². The van der Waals surface area contributed by atoms with Crippen LogP contribution in [0.4, 0.5) is 0 Å². The summed E-state index contributed by atoms with van der Waals surface area (Å²) >= 11 is 0. The van der Waals surface area contributed by atoms with Gasteiger partial charge in [-0.15, -0.1) is 0 Å². The van der Waals surface area contributed by atoms with Gasteiger partial charge in [0.05, 0.1) is 6.04 Å². The number of piperidine rings is 1. The molecule has 3 heterocycles. The van der Waals surface area contributed by atoms with E-state index in [-0.39, 0.29) is 23.8 Å². The van der Waals surface area contributed by atoms with E-state index in [2.05, 4.69) is 16.0 Å². The topological polar surface area (TPSA) is 53.5 Å². The lowest BCUT2D eigenvalue weighted by molar-refractivity contribution is -0.143. The molecule has 0 N–H and O–H groups in total. The molecule has 0 bridgehead atoms. The second-order valence-electron chi connectivity index (χ2n) is 8.06. The van der Waals surface area contributed by atoms with Crippen molar-refractivity contribution >= 4 is 11.8 Å². The Morgan fingerprint density at radius 3 is 2.31 bits per heavy atom. The van der Waals surface area contributed by atoms with Crippen LogP contribution in [0.15, 0.2) is 24.5 Å². The second-order valence-corrected chi connectivity index (χ2v) is 8.06. The van der Waals surface area contributed by atoms with Gasteiger partial charge in [0.1, 0.15) is 0 Å². The maximum atomic E-state index is 13.1. The third-order valence-corrected chi connectivity index (χ3v) is 6.47. The predicted molar refractivity (Wildman–Crippen MR) is 99.2 cm³/mol. The molecule has 1 aliphatic carbocycles. The molecule has 5 heteroatoms. The summed E-state index contributed by atoms with van der Waals surface area (Å²) in [5.74, 6) is 0.933. The third kappa shape index (κ3) is 3.49. The first-order valence-electron chi connectivity index (χ1n) is 10.2. The van der Waals surface area contributed by atoms with Crippen molar-refractivity contribution in [1.82, 2.24) is 14.8 Å². The van der Waals surface area contributed by atoms with Crippen LogP contribution in [0.25, 0.3) is 0 Å². The first kappa shape index (κ1) is 17.5. The van der Waals surface area contributed by atoms with Gasteiger partial charge in [-0.05, 0) is 50.2 Å². The van der Waals surface area contributed by atoms with Crippen LogP contribution >= 0.6 is 0 Å². The lowest BCUT2D eigenvalue weighted by Crippen LogP contribution is -2.45. The number of hydrogen-bond acceptors (Lipinski definition) is 3. The van der Waals surface area contributed by atoms with Crippen LogP contribution in [-0.2, 0) is 9.59 Å². The zero-order valence-electron chi connectivity index (χ0n) is 15.5. The molecule has 1 aromatic heterocycles. The number of rotatable bonds is 3. The van der Waals surface area contributed by atoms with E-state index in [9.17, 15) is 9.59 Å². The fourth-order valence-corrected chi connectivity index (χ4v) is 4.96. The Hall–Kier alpha value is -1.91. The minimum Gasteiger partial charge on any atom is -0.342 e. The second kappa shape index (κ2) is 7.77. The standard InChI is InChI=1S/C21H29N3O2/c25-20(16-5-1-2-6-16)23-13-9-17(10-14-23)21(26)24-12-4-8-19(24)18-7-3-11-22-15-18/h3,7,11,15-17,19H,1-2,4-6,8-10,12-14H2/t19-/m1/s1. The van der Waals surface area contributed by atoms with Crippen molar-refractivity contribution in [1.29, 1.82) is 0 Å². The summed E-state index contributed by atoms with van der Waals surface area (Å²) in [5.41, 5.74) is 1.15. The third-order valence-electron chi connectivity index (χ3n) is 6.47. The molecule has 0 aromatic carbocycles. The molecule has 0 radical (unpaired) electrons. The van der Waals surface area contributed by atoms with Crippen LogP contribution in [0.1, 0.15) is 63.0 Å². The lowest BCUT2D eigenvalue weighted by Gasteiger charge is -2.36. The monoisotopic (exact) mass is 355 g/mol. The number of likely N-dealkylation sites (tertiary alicyclic amines) is 2. The molecular formula is C21H29N3O2. The molecule has 1 aromatic rings. The van der Waals surface area contributed by atoms with Gasteiger partial charge in [0.25, 0.3) is 0 Å². The quantitative estimate of drug-likeness (QED) is 0.837. The van der Waals surface area contributed by atoms with Crippen molar-refractivity contribution in [3.05, 3.63) is 30.1 Å². The smallest absolute Gasteiger partial charge is 0.226 e. The maximum Gasteiger partial charge on any atom is 0.226 e. The SMILES string of the molecule is O=C(C1CCCC1)N1CCC(C(=O)N2CCC[C@@H]2c2cccnc2)CC1. The van der Waals surface area contributed by atoms with E-state index in [1.807, 2.05) is 17.2 Å². The Morgan fingerprint density at radius 2 is 1.62 bits per heavy atom. The van der Waals surface area contributed by atoms with Crippen molar-refractivity contribution in [2.75, 3.05) is 19.6 Å². The molecule has 2 amide bonds. The average Bonchev–Trinajstić information content (AvgIpc) is 3.39. The zero-order chi connectivity index (χ0) is 17.9. The van der Waals surface area contributed by atoms with Gasteiger partial charge in [-0.1, -0.05) is 18.9 Å². The largest absolute Gasteiger partial charge is 0.342 e. The van der Waals surface area contributed by atoms with Gasteiger partial charge in [0, 0.05) is 43.9 Å². The van der Waals surface area contributed by atoms with E-state index in [1.165, 1.54) is 12.8 Å². The zero-order valence-corrected chi connectivity index (χ0v) is 15.5. The first-order valence-corrected chi connectivity index (χ1v) is 10.2. The minimum absolute atomic E-state index is 0.0694. The van der Waals surface area contributed by atoms with Gasteiger partial charge in [-0.2, -0.15) is 0 Å². The first-order chi connectivity index (χ1) is 12.7. The van der Waals surface area contributed by atoms with Crippen LogP contribution in [0, 0.1) is 11.8 Å². The van der Waals surface area contributed by atoms with E-state index >= 15 is 0 Å². The maximum absolute atomic E-state index is 13.1. The van der Waals surface area contributed by atoms with Gasteiger partial charge in [0.2, 0.25) is 11.8 Å². The Kier molecular flexibility index (Phi) is 5.23. The molecule has 3 aliphatic rings. The van der Waals surface area contributed by atoms with E-state index in [4.69, 9.17) is 0 Å². The summed E-state index contributed by atoms with van der Waals surface area (Å²) in [7, 11) is 0. The Balaban J connectivity index is 1.35. The van der Waals surface area contributed by atoms with Gasteiger partial charge in [-0.25, -0.2) is 0 Å². The minimum atomic E-state index is 0.0694. The molecule has 26 heavy (non-hydrogen) atoms. The highest BCUT2D eigenvalue weighted by molar-refractivity contribution is 5.81. The van der Waals surface area contributed by atoms with Crippen molar-refractivity contribution in [3.63, 3.8) is 0 Å². The summed E-state index contributed by atoms with van der Waals surface area (Å²) in [6.45, 7) is 2.34. The number of pyridine rings is 1. The van der Waals surface area contributed by atoms with Crippen LogP contribution in [0.5, 0.6) is 0 Å². The molecule has 4 rings (SSSR count). The van der Waals surface area contributed by atoms with Crippen molar-refractivity contribution in [2.45, 2.75) is 57.4 Å². The molecule has 2 saturated heterocycles. The normalized spacial score (nSPS) is 25.0. The van der Waals surface area contributed by atoms with Crippen molar-refractivity contribution < 1.29 is 9.59 Å². The van der Waals surface area contributed by atoms with Crippen LogP contribution < -0.4 is 0 Å². The fraction of sp³-hybridized carbons (Fsp3) is 0.667. The predicted octanol–water partition coefficient (Wildman–Crippen LogP) is 3.17. The number of nitrogens with zero attached hydrogens (tertiary/aromatic N) is 3. The van der Waals surface area contributed by atoms with E-state index in [0.717, 1.165) is 63.7 Å². The number of carbonyl (C=O) groups excluding carboxylic acids is 2. The molecule has 0 spiro atoms. The van der Waals surface area contributed by atoms with Gasteiger partial charge >= 0.3 is 0 Å². The highest BCUT2D eigenvalue weighted by Crippen LogP contribution is 2.35. The number of carbonyl (C=O) groups is 2. The summed E-state index contributed by atoms with van der Waals surface area (Å²) in [5, 5.41) is 0. The summed E-state index contributed by atoms with van der Waals surface area (Å²) < 4.78 is 0. The summed E-state index contributed by atoms with van der Waals surface area (Å²) in [6.07, 6.45) is 11.9. The van der Waals surface area contributed by atoms with Gasteiger partial charge in [0.15, 0.2) is 0 Å². The average molecular weight is 355 g/mol. The number of hydrogen-bond donors (Lipinski definition) is 0. The van der Waals surface area contributed by atoms with E-state index in [1.54, 1.807) is 6.20 Å². The van der Waals surface area contributed by atoms with E-state index < -0.39 is 0 Å². The number of aromatic nitrogens is 1. The molecular weight excluding hydrogens is 326 g/mol. The van der Waals surface area contributed by atoms with Crippen LogP contribution in [0.2, 0.25) is 0 Å². The highest BCUT2D eigenvalue weighted by atomic mass is 16.2. The molecule has 5 nitrogen and oxygen atoms in total. The van der Waals surface area contributed by atoms with E-state index in [0.29, 0.717) is 5.91 Å². The molecule has 140 valence electrons. The summed E-state index contributed by atoms with van der Waals surface area (Å²) in [4.78, 5) is 34.0. The Labute approximate surface area is 155 Å². The van der Waals surface area contributed by atoms with Crippen LogP contribution in [0.3, 0.4) is 0 Å². The number of amides is 2. The highest BCUT2D eigenvalue weighted by Gasteiger charge is 2.37.